The molecular formula is C18H12F2N2O6. The lowest BCUT2D eigenvalue weighted by molar-refractivity contribution is -0.386. The molecule has 0 bridgehead atoms. The molecule has 0 fully saturated rings. The molecule has 0 aliphatic rings. The Hall–Kier alpha value is -3.82. The molecule has 1 heterocycles. The number of fused-ring (bicyclic) bond motifs is 1. The molecule has 8 nitrogen and oxygen atoms in total. The highest BCUT2D eigenvalue weighted by molar-refractivity contribution is 5.98. The van der Waals surface area contributed by atoms with Gasteiger partial charge in [0.2, 0.25) is 17.1 Å². The number of carboxylic acids is 1. The van der Waals surface area contributed by atoms with Crippen molar-refractivity contribution in [3.05, 3.63) is 79.6 Å². The summed E-state index contributed by atoms with van der Waals surface area (Å²) < 4.78 is 34.7. The number of carboxylic acid groups (broad SMARTS) is 1. The summed E-state index contributed by atoms with van der Waals surface area (Å²) in [5.41, 5.74) is -3.36. The van der Waals surface area contributed by atoms with E-state index < -0.39 is 55.9 Å². The second-order valence-corrected chi connectivity index (χ2v) is 5.78. The average Bonchev–Trinajstić information content (AvgIpc) is 2.65. The molecule has 3 aromatic rings. The van der Waals surface area contributed by atoms with Gasteiger partial charge in [-0.2, -0.15) is 8.78 Å². The van der Waals surface area contributed by atoms with Crippen LogP contribution >= 0.6 is 0 Å². The average molecular weight is 390 g/mol. The Morgan fingerprint density at radius 2 is 1.89 bits per heavy atom. The number of methoxy groups -OCH3 is 1. The van der Waals surface area contributed by atoms with E-state index in [2.05, 4.69) is 0 Å². The molecule has 0 amide bonds. The largest absolute Gasteiger partial charge is 0.491 e. The Bertz CT molecular complexity index is 1170. The molecule has 144 valence electrons. The Morgan fingerprint density at radius 1 is 1.25 bits per heavy atom. The number of hydrogen-bond donors (Lipinski definition) is 1. The van der Waals surface area contributed by atoms with Gasteiger partial charge in [-0.25, -0.2) is 4.79 Å². The van der Waals surface area contributed by atoms with Gasteiger partial charge in [-0.15, -0.1) is 0 Å². The number of benzene rings is 2. The first-order chi connectivity index (χ1) is 13.3. The summed E-state index contributed by atoms with van der Waals surface area (Å²) in [5, 5.41) is 19.8. The summed E-state index contributed by atoms with van der Waals surface area (Å²) >= 11 is 0. The minimum atomic E-state index is -1.90. The van der Waals surface area contributed by atoms with Crippen molar-refractivity contribution in [1.29, 1.82) is 0 Å². The van der Waals surface area contributed by atoms with Crippen LogP contribution in [0.4, 0.5) is 14.5 Å². The van der Waals surface area contributed by atoms with Gasteiger partial charge in [0.15, 0.2) is 5.75 Å². The summed E-state index contributed by atoms with van der Waals surface area (Å²) in [7, 11) is 1.01. The maximum Gasteiger partial charge on any atom is 0.341 e. The first-order valence-electron chi connectivity index (χ1n) is 7.81. The van der Waals surface area contributed by atoms with Crippen LogP contribution in [0.25, 0.3) is 10.9 Å². The van der Waals surface area contributed by atoms with Crippen molar-refractivity contribution >= 4 is 22.6 Å². The Balaban J connectivity index is 2.55. The van der Waals surface area contributed by atoms with Gasteiger partial charge in [-0.3, -0.25) is 14.9 Å². The van der Waals surface area contributed by atoms with Crippen molar-refractivity contribution in [2.24, 2.45) is 0 Å². The van der Waals surface area contributed by atoms with Crippen LogP contribution in [0.3, 0.4) is 0 Å². The summed E-state index contributed by atoms with van der Waals surface area (Å²) in [6.07, 6.45) is 0.920. The van der Waals surface area contributed by atoms with E-state index >= 15 is 0 Å². The maximum atomic E-state index is 14.4. The number of aromatic nitrogens is 1. The lowest BCUT2D eigenvalue weighted by Gasteiger charge is -2.16. The van der Waals surface area contributed by atoms with E-state index in [-0.39, 0.29) is 6.54 Å². The Morgan fingerprint density at radius 3 is 2.43 bits per heavy atom. The zero-order chi connectivity index (χ0) is 20.6. The maximum absolute atomic E-state index is 14.4. The first kappa shape index (κ1) is 19.0. The van der Waals surface area contributed by atoms with Gasteiger partial charge >= 0.3 is 11.7 Å². The molecule has 0 radical (unpaired) electrons. The number of pyridine rings is 1. The first-order valence-corrected chi connectivity index (χ1v) is 7.81. The van der Waals surface area contributed by atoms with E-state index in [1.54, 1.807) is 30.3 Å². The predicted molar refractivity (Wildman–Crippen MR) is 93.8 cm³/mol. The monoisotopic (exact) mass is 390 g/mol. The molecule has 28 heavy (non-hydrogen) atoms. The smallest absolute Gasteiger partial charge is 0.341 e. The fourth-order valence-electron chi connectivity index (χ4n) is 2.96. The van der Waals surface area contributed by atoms with Crippen LogP contribution in [0, 0.1) is 21.7 Å². The number of nitro benzene ring substituents is 1. The van der Waals surface area contributed by atoms with Crippen molar-refractivity contribution in [2.75, 3.05) is 7.11 Å². The number of carbonyl (C=O) groups is 1. The number of ether oxygens (including phenoxy) is 1. The zero-order valence-corrected chi connectivity index (χ0v) is 14.3. The van der Waals surface area contributed by atoms with Crippen LogP contribution < -0.4 is 10.2 Å². The molecule has 0 aliphatic carbocycles. The van der Waals surface area contributed by atoms with Gasteiger partial charge in [0.25, 0.3) is 0 Å². The van der Waals surface area contributed by atoms with Gasteiger partial charge in [-0.05, 0) is 5.56 Å². The SMILES string of the molecule is COc1c(F)c(F)c([N+](=O)[O-])c2c(=O)c(C(=O)O)cn(Cc3ccccc3)c12. The number of rotatable bonds is 5. The lowest BCUT2D eigenvalue weighted by Crippen LogP contribution is -2.21. The van der Waals surface area contributed by atoms with E-state index in [1.165, 1.54) is 0 Å². The normalized spacial score (nSPS) is 10.8. The topological polar surface area (TPSA) is 112 Å². The quantitative estimate of drug-likeness (QED) is 0.530. The van der Waals surface area contributed by atoms with Crippen molar-refractivity contribution in [2.45, 2.75) is 6.54 Å². The number of nitrogens with zero attached hydrogens (tertiary/aromatic N) is 2. The zero-order valence-electron chi connectivity index (χ0n) is 14.3. The summed E-state index contributed by atoms with van der Waals surface area (Å²) in [6, 6.07) is 8.46. The lowest BCUT2D eigenvalue weighted by atomic mass is 10.1. The predicted octanol–water partition coefficient (Wildman–Crippen LogP) is 2.94. The molecule has 0 unspecified atom stereocenters. The molecule has 0 aliphatic heterocycles. The molecule has 10 heteroatoms. The van der Waals surface area contributed by atoms with Gasteiger partial charge in [0, 0.05) is 12.7 Å². The van der Waals surface area contributed by atoms with Gasteiger partial charge in [0.1, 0.15) is 16.5 Å². The molecular weight excluding hydrogens is 378 g/mol. The van der Waals surface area contributed by atoms with Crippen LogP contribution in [0.15, 0.2) is 41.3 Å². The molecule has 1 N–H and O–H groups in total. The fourth-order valence-corrected chi connectivity index (χ4v) is 2.96. The van der Waals surface area contributed by atoms with Crippen molar-refractivity contribution in [3.8, 4) is 5.75 Å². The van der Waals surface area contributed by atoms with Crippen LogP contribution in [0.2, 0.25) is 0 Å². The highest BCUT2D eigenvalue weighted by Crippen LogP contribution is 2.37. The minimum Gasteiger partial charge on any atom is -0.491 e. The third kappa shape index (κ3) is 2.94. The third-order valence-electron chi connectivity index (χ3n) is 4.15. The van der Waals surface area contributed by atoms with Crippen LogP contribution in [-0.4, -0.2) is 27.7 Å². The van der Waals surface area contributed by atoms with Crippen molar-refractivity contribution < 1.29 is 28.3 Å². The molecule has 1 aromatic heterocycles. The minimum absolute atomic E-state index is 0.0729. The van der Waals surface area contributed by atoms with E-state index in [1.807, 2.05) is 0 Å². The number of hydrogen-bond acceptors (Lipinski definition) is 5. The standard InChI is InChI=1S/C18H12F2N2O6/c1-28-17-13(20)12(19)14(22(26)27)11-15(17)21(7-9-5-3-2-4-6-9)8-10(16(11)23)18(24)25/h2-6,8H,7H2,1H3,(H,24,25). The number of aromatic carboxylic acids is 1. The molecule has 0 atom stereocenters. The van der Waals surface area contributed by atoms with E-state index in [4.69, 9.17) is 4.74 Å². The Labute approximate surface area is 155 Å². The van der Waals surface area contributed by atoms with E-state index in [9.17, 15) is 33.6 Å². The molecule has 2 aromatic carbocycles. The van der Waals surface area contributed by atoms with Crippen LogP contribution in [0.5, 0.6) is 5.75 Å². The number of halogens is 2. The molecule has 0 spiro atoms. The number of nitro groups is 1. The second-order valence-electron chi connectivity index (χ2n) is 5.78. The summed E-state index contributed by atoms with van der Waals surface area (Å²) in [6.45, 7) is -0.0729. The third-order valence-corrected chi connectivity index (χ3v) is 4.15. The van der Waals surface area contributed by atoms with Gasteiger partial charge in [0.05, 0.1) is 12.0 Å². The van der Waals surface area contributed by atoms with E-state index in [0.717, 1.165) is 17.9 Å². The molecule has 0 saturated heterocycles. The van der Waals surface area contributed by atoms with Gasteiger partial charge < -0.3 is 14.4 Å². The summed E-state index contributed by atoms with van der Waals surface area (Å²) in [5.74, 6) is -5.94. The van der Waals surface area contributed by atoms with E-state index in [0.29, 0.717) is 5.56 Å². The fraction of sp³-hybridized carbons (Fsp3) is 0.111. The summed E-state index contributed by atoms with van der Waals surface area (Å²) in [4.78, 5) is 34.2. The highest BCUT2D eigenvalue weighted by Gasteiger charge is 2.33. The second kappa shape index (κ2) is 7.06. The highest BCUT2D eigenvalue weighted by atomic mass is 19.2. The van der Waals surface area contributed by atoms with Crippen LogP contribution in [-0.2, 0) is 6.54 Å². The van der Waals surface area contributed by atoms with Crippen molar-refractivity contribution in [1.82, 2.24) is 4.57 Å². The molecule has 0 saturated carbocycles. The molecule has 3 rings (SSSR count). The van der Waals surface area contributed by atoms with Crippen LogP contribution in [0.1, 0.15) is 15.9 Å². The Kier molecular flexibility index (Phi) is 4.78. The van der Waals surface area contributed by atoms with Crippen molar-refractivity contribution in [3.63, 3.8) is 0 Å². The van der Waals surface area contributed by atoms with Gasteiger partial charge in [-0.1, -0.05) is 30.3 Å².